The molecule has 0 bridgehead atoms. The fourth-order valence-electron chi connectivity index (χ4n) is 2.94. The summed E-state index contributed by atoms with van der Waals surface area (Å²) in [4.78, 5) is 6.67. The topological polar surface area (TPSA) is 42.4 Å². The van der Waals surface area contributed by atoms with Crippen molar-refractivity contribution in [1.29, 1.82) is 0 Å². The number of hydrogen-bond acceptors (Lipinski definition) is 4. The molecule has 1 fully saturated rings. The van der Waals surface area contributed by atoms with Gasteiger partial charge in [0.05, 0.1) is 13.1 Å². The minimum absolute atomic E-state index is 0.635. The first-order chi connectivity index (χ1) is 10.7. The number of oxazole rings is 1. The smallest absolute Gasteiger partial charge is 0.209 e. The second-order valence-corrected chi connectivity index (χ2v) is 6.37. The number of rotatable bonds is 5. The molecule has 4 nitrogen and oxygen atoms in total. The van der Waals surface area contributed by atoms with Gasteiger partial charge in [-0.25, -0.2) is 4.98 Å². The van der Waals surface area contributed by atoms with Crippen LogP contribution in [0.2, 0.25) is 0 Å². The van der Waals surface area contributed by atoms with Gasteiger partial charge in [0.2, 0.25) is 5.89 Å². The quantitative estimate of drug-likeness (QED) is 0.708. The van der Waals surface area contributed by atoms with Gasteiger partial charge in [-0.15, -0.1) is 0 Å². The van der Waals surface area contributed by atoms with Gasteiger partial charge in [-0.05, 0) is 43.7 Å². The molecule has 114 valence electrons. The minimum Gasteiger partial charge on any atom is -0.464 e. The van der Waals surface area contributed by atoms with Gasteiger partial charge in [-0.1, -0.05) is 19.1 Å². The zero-order chi connectivity index (χ0) is 15.1. The first-order valence-corrected chi connectivity index (χ1v) is 7.80. The maximum absolute atomic E-state index is 5.95. The molecule has 0 radical (unpaired) electrons. The van der Waals surface area contributed by atoms with E-state index in [1.807, 2.05) is 24.3 Å². The van der Waals surface area contributed by atoms with Crippen molar-refractivity contribution in [2.75, 3.05) is 7.05 Å². The molecule has 1 aliphatic carbocycles. The second-order valence-electron chi connectivity index (χ2n) is 6.37. The van der Waals surface area contributed by atoms with Crippen LogP contribution in [0.4, 0.5) is 0 Å². The van der Waals surface area contributed by atoms with Crippen LogP contribution in [0.5, 0.6) is 0 Å². The monoisotopic (exact) mass is 296 g/mol. The van der Waals surface area contributed by atoms with Gasteiger partial charge in [0.25, 0.3) is 0 Å². The van der Waals surface area contributed by atoms with E-state index in [2.05, 4.69) is 36.0 Å². The maximum atomic E-state index is 5.95. The third-order valence-electron chi connectivity index (χ3n) is 4.33. The van der Waals surface area contributed by atoms with Crippen LogP contribution in [0.3, 0.4) is 0 Å². The number of aromatic nitrogens is 1. The largest absolute Gasteiger partial charge is 0.464 e. The Morgan fingerprint density at radius 3 is 2.73 bits per heavy atom. The molecule has 1 aliphatic rings. The normalized spacial score (nSPS) is 20.9. The molecule has 0 amide bonds. The van der Waals surface area contributed by atoms with Crippen LogP contribution in [-0.4, -0.2) is 16.9 Å². The lowest BCUT2D eigenvalue weighted by molar-refractivity contribution is 0.259. The van der Waals surface area contributed by atoms with Crippen LogP contribution >= 0.6 is 0 Å². The molecule has 3 aromatic rings. The number of fused-ring (bicyclic) bond motifs is 1. The van der Waals surface area contributed by atoms with Crippen molar-refractivity contribution in [2.24, 2.45) is 5.92 Å². The molecule has 0 unspecified atom stereocenters. The third kappa shape index (κ3) is 2.66. The van der Waals surface area contributed by atoms with Crippen molar-refractivity contribution in [1.82, 2.24) is 9.88 Å². The fourth-order valence-corrected chi connectivity index (χ4v) is 2.94. The summed E-state index contributed by atoms with van der Waals surface area (Å²) in [6.07, 6.45) is 1.26. The van der Waals surface area contributed by atoms with Crippen LogP contribution in [-0.2, 0) is 13.1 Å². The number of para-hydroxylation sites is 2. The second kappa shape index (κ2) is 5.29. The summed E-state index contributed by atoms with van der Waals surface area (Å²) in [6, 6.07) is 12.1. The highest BCUT2D eigenvalue weighted by Crippen LogP contribution is 2.47. The highest BCUT2D eigenvalue weighted by Gasteiger charge is 2.36. The lowest BCUT2D eigenvalue weighted by Crippen LogP contribution is -2.17. The average Bonchev–Trinajstić information content (AvgIpc) is 2.89. The first kappa shape index (κ1) is 13.6. The van der Waals surface area contributed by atoms with Crippen molar-refractivity contribution < 1.29 is 8.83 Å². The summed E-state index contributed by atoms with van der Waals surface area (Å²) >= 11 is 0. The fraction of sp³-hybridized carbons (Fsp3) is 0.389. The van der Waals surface area contributed by atoms with Crippen molar-refractivity contribution in [3.05, 3.63) is 53.8 Å². The molecule has 22 heavy (non-hydrogen) atoms. The van der Waals surface area contributed by atoms with Crippen molar-refractivity contribution in [3.8, 4) is 0 Å². The zero-order valence-corrected chi connectivity index (χ0v) is 13.0. The summed E-state index contributed by atoms with van der Waals surface area (Å²) in [6.45, 7) is 3.70. The molecule has 4 rings (SSSR count). The first-order valence-electron chi connectivity index (χ1n) is 7.80. The van der Waals surface area contributed by atoms with Crippen LogP contribution in [0.1, 0.15) is 36.7 Å². The van der Waals surface area contributed by atoms with E-state index in [0.717, 1.165) is 41.0 Å². The summed E-state index contributed by atoms with van der Waals surface area (Å²) < 4.78 is 11.7. The predicted molar refractivity (Wildman–Crippen MR) is 84.4 cm³/mol. The highest BCUT2D eigenvalue weighted by molar-refractivity contribution is 5.72. The Kier molecular flexibility index (Phi) is 3.26. The molecule has 2 atom stereocenters. The van der Waals surface area contributed by atoms with Gasteiger partial charge in [0.1, 0.15) is 17.0 Å². The van der Waals surface area contributed by atoms with Crippen LogP contribution in [0, 0.1) is 5.92 Å². The van der Waals surface area contributed by atoms with Gasteiger partial charge in [-0.2, -0.15) is 0 Å². The lowest BCUT2D eigenvalue weighted by atomic mass is 10.3. The Balaban J connectivity index is 1.41. The van der Waals surface area contributed by atoms with E-state index < -0.39 is 0 Å². The molecular weight excluding hydrogens is 276 g/mol. The van der Waals surface area contributed by atoms with Crippen LogP contribution < -0.4 is 0 Å². The molecule has 0 spiro atoms. The van der Waals surface area contributed by atoms with E-state index in [0.29, 0.717) is 12.5 Å². The average molecular weight is 296 g/mol. The van der Waals surface area contributed by atoms with Gasteiger partial charge in [-0.3, -0.25) is 4.90 Å². The maximum Gasteiger partial charge on any atom is 0.209 e. The Labute approximate surface area is 129 Å². The third-order valence-corrected chi connectivity index (χ3v) is 4.33. The highest BCUT2D eigenvalue weighted by atomic mass is 16.4. The molecule has 2 heterocycles. The predicted octanol–water partition coefficient (Wildman–Crippen LogP) is 4.18. The summed E-state index contributed by atoms with van der Waals surface area (Å²) in [5, 5.41) is 0. The standard InChI is InChI=1S/C18H20N2O2/c1-12-9-14(12)16-8-7-13(21-16)10-20(2)11-18-19-15-5-3-4-6-17(15)22-18/h3-8,12,14H,9-11H2,1-2H3/t12-,14+/m1/s1. The summed E-state index contributed by atoms with van der Waals surface area (Å²) in [5.74, 6) is 4.30. The van der Waals surface area contributed by atoms with E-state index >= 15 is 0 Å². The van der Waals surface area contributed by atoms with E-state index in [1.165, 1.54) is 6.42 Å². The molecule has 2 aromatic heterocycles. The van der Waals surface area contributed by atoms with Crippen LogP contribution in [0.15, 0.2) is 45.2 Å². The van der Waals surface area contributed by atoms with Gasteiger partial charge in [0, 0.05) is 5.92 Å². The van der Waals surface area contributed by atoms with E-state index in [1.54, 1.807) is 0 Å². The number of furan rings is 1. The molecule has 1 aromatic carbocycles. The minimum atomic E-state index is 0.635. The zero-order valence-electron chi connectivity index (χ0n) is 13.0. The van der Waals surface area contributed by atoms with Crippen molar-refractivity contribution >= 4 is 11.1 Å². The molecule has 0 saturated heterocycles. The molecule has 1 saturated carbocycles. The van der Waals surface area contributed by atoms with Crippen molar-refractivity contribution in [3.63, 3.8) is 0 Å². The van der Waals surface area contributed by atoms with Crippen LogP contribution in [0.25, 0.3) is 11.1 Å². The number of benzene rings is 1. The summed E-state index contributed by atoms with van der Waals surface area (Å²) in [5.41, 5.74) is 1.75. The Morgan fingerprint density at radius 2 is 1.95 bits per heavy atom. The van der Waals surface area contributed by atoms with Gasteiger partial charge in [0.15, 0.2) is 5.58 Å². The van der Waals surface area contributed by atoms with Gasteiger partial charge < -0.3 is 8.83 Å². The molecule has 0 aliphatic heterocycles. The lowest BCUT2D eigenvalue weighted by Gasteiger charge is -2.12. The van der Waals surface area contributed by atoms with E-state index in [-0.39, 0.29) is 0 Å². The molecule has 4 heteroatoms. The SMILES string of the molecule is C[C@@H]1C[C@@H]1c1ccc(CN(C)Cc2nc3ccccc3o2)o1. The molecular formula is C18H20N2O2. The molecule has 0 N–H and O–H groups in total. The Hall–Kier alpha value is -2.07. The van der Waals surface area contributed by atoms with E-state index in [9.17, 15) is 0 Å². The Bertz CT molecular complexity index is 756. The Morgan fingerprint density at radius 1 is 1.14 bits per heavy atom. The van der Waals surface area contributed by atoms with Gasteiger partial charge >= 0.3 is 0 Å². The number of hydrogen-bond donors (Lipinski definition) is 0. The number of nitrogens with zero attached hydrogens (tertiary/aromatic N) is 2. The summed E-state index contributed by atoms with van der Waals surface area (Å²) in [7, 11) is 2.05. The van der Waals surface area contributed by atoms with E-state index in [4.69, 9.17) is 8.83 Å². The van der Waals surface area contributed by atoms with Crippen molar-refractivity contribution in [2.45, 2.75) is 32.4 Å².